The molecule has 0 saturated heterocycles. The summed E-state index contributed by atoms with van der Waals surface area (Å²) in [5.74, 6) is 1.74. The Morgan fingerprint density at radius 2 is 2.15 bits per heavy atom. The molecule has 108 valence electrons. The molecular formula is C15H21N2O3+. The molecule has 1 saturated carbocycles. The van der Waals surface area contributed by atoms with Crippen LogP contribution in [0.25, 0.3) is 0 Å². The smallest absolute Gasteiger partial charge is 0.278 e. The van der Waals surface area contributed by atoms with Crippen molar-refractivity contribution in [3.63, 3.8) is 0 Å². The van der Waals surface area contributed by atoms with E-state index < -0.39 is 0 Å². The molecule has 1 amide bonds. The fourth-order valence-electron chi connectivity index (χ4n) is 2.30. The number of likely N-dealkylation sites (N-methyl/N-ethyl adjacent to an activating group) is 1. The van der Waals surface area contributed by atoms with Gasteiger partial charge in [0.05, 0.1) is 7.05 Å². The number of hydrogen-bond acceptors (Lipinski definition) is 3. The summed E-state index contributed by atoms with van der Waals surface area (Å²) >= 11 is 0. The van der Waals surface area contributed by atoms with Crippen LogP contribution >= 0.6 is 0 Å². The van der Waals surface area contributed by atoms with Gasteiger partial charge >= 0.3 is 0 Å². The van der Waals surface area contributed by atoms with Crippen molar-refractivity contribution in [2.75, 3.05) is 13.8 Å². The molecule has 0 bridgehead atoms. The molecule has 1 unspecified atom stereocenters. The second-order valence-corrected chi connectivity index (χ2v) is 5.72. The first-order chi connectivity index (χ1) is 9.63. The summed E-state index contributed by atoms with van der Waals surface area (Å²) in [5.41, 5.74) is 1.15. The first-order valence-electron chi connectivity index (χ1n) is 7.14. The molecule has 20 heavy (non-hydrogen) atoms. The molecule has 1 fully saturated rings. The van der Waals surface area contributed by atoms with Gasteiger partial charge in [0, 0.05) is 11.6 Å². The second-order valence-electron chi connectivity index (χ2n) is 5.72. The highest BCUT2D eigenvalue weighted by molar-refractivity contribution is 5.80. The third kappa shape index (κ3) is 2.88. The summed E-state index contributed by atoms with van der Waals surface area (Å²) in [6.45, 7) is 3.05. The lowest BCUT2D eigenvalue weighted by Gasteiger charge is -2.21. The number of amides is 1. The Balaban J connectivity index is 1.59. The average molecular weight is 277 g/mol. The minimum Gasteiger partial charge on any atom is -0.454 e. The van der Waals surface area contributed by atoms with Gasteiger partial charge in [-0.25, -0.2) is 0 Å². The van der Waals surface area contributed by atoms with E-state index in [1.165, 1.54) is 4.90 Å². The molecule has 1 aliphatic carbocycles. The van der Waals surface area contributed by atoms with Crippen LogP contribution in [0, 0.1) is 0 Å². The Bertz CT molecular complexity index is 514. The van der Waals surface area contributed by atoms with E-state index in [1.54, 1.807) is 0 Å². The summed E-state index contributed by atoms with van der Waals surface area (Å²) < 4.78 is 10.7. The number of carbonyl (C=O) groups excluding carboxylic acids is 1. The maximum Gasteiger partial charge on any atom is 0.278 e. The lowest BCUT2D eigenvalue weighted by molar-refractivity contribution is -0.908. The minimum absolute atomic E-state index is 0.0546. The van der Waals surface area contributed by atoms with E-state index in [9.17, 15) is 4.79 Å². The molecule has 1 aromatic rings. The van der Waals surface area contributed by atoms with E-state index >= 15 is 0 Å². The van der Waals surface area contributed by atoms with Gasteiger partial charge in [0.25, 0.3) is 5.91 Å². The molecular weight excluding hydrogens is 256 g/mol. The zero-order valence-corrected chi connectivity index (χ0v) is 11.9. The maximum absolute atomic E-state index is 12.0. The summed E-state index contributed by atoms with van der Waals surface area (Å²) in [6, 6.07) is 6.32. The SMILES string of the molecule is C[C@@H](C(=O)NC1CC1)[NH+](C)Cc1ccc2c(c1)OCO2. The van der Waals surface area contributed by atoms with E-state index in [1.807, 2.05) is 32.2 Å². The van der Waals surface area contributed by atoms with Gasteiger partial charge in [0.1, 0.15) is 6.54 Å². The predicted molar refractivity (Wildman–Crippen MR) is 73.8 cm³/mol. The average Bonchev–Trinajstić information content (AvgIpc) is 3.12. The van der Waals surface area contributed by atoms with Gasteiger partial charge in [-0.05, 0) is 38.0 Å². The van der Waals surface area contributed by atoms with Crippen molar-refractivity contribution in [1.29, 1.82) is 0 Å². The molecule has 2 N–H and O–H groups in total. The number of quaternary nitrogens is 1. The molecule has 2 aliphatic rings. The van der Waals surface area contributed by atoms with Crippen LogP contribution in [0.15, 0.2) is 18.2 Å². The zero-order chi connectivity index (χ0) is 14.1. The fourth-order valence-corrected chi connectivity index (χ4v) is 2.30. The zero-order valence-electron chi connectivity index (χ0n) is 11.9. The number of nitrogens with one attached hydrogen (secondary N) is 2. The van der Waals surface area contributed by atoms with Gasteiger partial charge in [-0.3, -0.25) is 4.79 Å². The summed E-state index contributed by atoms with van der Waals surface area (Å²) in [7, 11) is 2.04. The van der Waals surface area contributed by atoms with Gasteiger partial charge < -0.3 is 19.7 Å². The van der Waals surface area contributed by atoms with Crippen LogP contribution in [0.2, 0.25) is 0 Å². The standard InChI is InChI=1S/C15H20N2O3/c1-10(15(18)16-12-4-5-12)17(2)8-11-3-6-13-14(7-11)20-9-19-13/h3,6-7,10,12H,4-5,8-9H2,1-2H3,(H,16,18)/p+1/t10-/m0/s1. The van der Waals surface area contributed by atoms with Crippen molar-refractivity contribution >= 4 is 5.91 Å². The highest BCUT2D eigenvalue weighted by atomic mass is 16.7. The molecule has 1 heterocycles. The van der Waals surface area contributed by atoms with Crippen molar-refractivity contribution in [3.8, 4) is 11.5 Å². The number of hydrogen-bond donors (Lipinski definition) is 2. The molecule has 0 aromatic heterocycles. The maximum atomic E-state index is 12.0. The lowest BCUT2D eigenvalue weighted by atomic mass is 10.1. The van der Waals surface area contributed by atoms with Crippen molar-refractivity contribution in [2.24, 2.45) is 0 Å². The van der Waals surface area contributed by atoms with Crippen LogP contribution in [0.3, 0.4) is 0 Å². The third-order valence-electron chi connectivity index (χ3n) is 3.98. The second kappa shape index (κ2) is 5.32. The van der Waals surface area contributed by atoms with Gasteiger partial charge in [-0.2, -0.15) is 0 Å². The first-order valence-corrected chi connectivity index (χ1v) is 7.14. The quantitative estimate of drug-likeness (QED) is 0.802. The summed E-state index contributed by atoms with van der Waals surface area (Å²) in [6.07, 6.45) is 2.25. The van der Waals surface area contributed by atoms with Crippen LogP contribution in [0.4, 0.5) is 0 Å². The highest BCUT2D eigenvalue weighted by Crippen LogP contribution is 2.32. The van der Waals surface area contributed by atoms with E-state index in [0.29, 0.717) is 12.8 Å². The van der Waals surface area contributed by atoms with E-state index in [-0.39, 0.29) is 11.9 Å². The highest BCUT2D eigenvalue weighted by Gasteiger charge is 2.29. The largest absolute Gasteiger partial charge is 0.454 e. The van der Waals surface area contributed by atoms with Crippen molar-refractivity contribution in [3.05, 3.63) is 23.8 Å². The van der Waals surface area contributed by atoms with Gasteiger partial charge in [0.15, 0.2) is 17.5 Å². The lowest BCUT2D eigenvalue weighted by Crippen LogP contribution is -3.12. The molecule has 0 radical (unpaired) electrons. The molecule has 2 atom stereocenters. The molecule has 1 aromatic carbocycles. The van der Waals surface area contributed by atoms with Crippen LogP contribution in [0.5, 0.6) is 11.5 Å². The fraction of sp³-hybridized carbons (Fsp3) is 0.533. The van der Waals surface area contributed by atoms with Gasteiger partial charge in [-0.15, -0.1) is 0 Å². The topological polar surface area (TPSA) is 52.0 Å². The normalized spacial score (nSPS) is 19.5. The van der Waals surface area contributed by atoms with Crippen LogP contribution in [-0.4, -0.2) is 31.8 Å². The number of rotatable bonds is 5. The molecule has 3 rings (SSSR count). The summed E-state index contributed by atoms with van der Waals surface area (Å²) in [5, 5.41) is 3.06. The van der Waals surface area contributed by atoms with Crippen LogP contribution < -0.4 is 19.7 Å². The summed E-state index contributed by atoms with van der Waals surface area (Å²) in [4.78, 5) is 13.2. The Morgan fingerprint density at radius 1 is 1.40 bits per heavy atom. The van der Waals surface area contributed by atoms with Crippen molar-refractivity contribution in [2.45, 2.75) is 38.4 Å². The number of carbonyl (C=O) groups is 1. The van der Waals surface area contributed by atoms with E-state index in [0.717, 1.165) is 36.4 Å². The monoisotopic (exact) mass is 277 g/mol. The van der Waals surface area contributed by atoms with E-state index in [2.05, 4.69) is 5.32 Å². The Hall–Kier alpha value is -1.75. The number of ether oxygens (including phenoxy) is 2. The third-order valence-corrected chi connectivity index (χ3v) is 3.98. The van der Waals surface area contributed by atoms with Crippen molar-refractivity contribution in [1.82, 2.24) is 5.32 Å². The molecule has 1 aliphatic heterocycles. The predicted octanol–water partition coefficient (Wildman–Crippen LogP) is 0.0971. The molecule has 0 spiro atoms. The Labute approximate surface area is 118 Å². The molecule has 5 nitrogen and oxygen atoms in total. The van der Waals surface area contributed by atoms with Crippen LogP contribution in [0.1, 0.15) is 25.3 Å². The van der Waals surface area contributed by atoms with Crippen molar-refractivity contribution < 1.29 is 19.2 Å². The first kappa shape index (κ1) is 13.2. The van der Waals surface area contributed by atoms with Crippen LogP contribution in [-0.2, 0) is 11.3 Å². The number of fused-ring (bicyclic) bond motifs is 1. The van der Waals surface area contributed by atoms with E-state index in [4.69, 9.17) is 9.47 Å². The minimum atomic E-state index is -0.0546. The number of benzene rings is 1. The van der Waals surface area contributed by atoms with Gasteiger partial charge in [-0.1, -0.05) is 0 Å². The Kier molecular flexibility index (Phi) is 3.53. The Morgan fingerprint density at radius 3 is 2.90 bits per heavy atom. The van der Waals surface area contributed by atoms with Gasteiger partial charge in [0.2, 0.25) is 6.79 Å². The molecule has 5 heteroatoms.